The van der Waals surface area contributed by atoms with Crippen LogP contribution in [0, 0.1) is 41.4 Å². The molecule has 1 heteroatoms. The molecule has 4 rings (SSSR count). The van der Waals surface area contributed by atoms with E-state index in [0.717, 1.165) is 47.8 Å². The maximum atomic E-state index is 11.3. The molecule has 4 aliphatic carbocycles. The molecule has 4 bridgehead atoms. The molecule has 7 unspecified atom stereocenters. The Morgan fingerprint density at radius 3 is 2.50 bits per heavy atom. The van der Waals surface area contributed by atoms with Crippen LogP contribution < -0.4 is 0 Å². The third-order valence-corrected chi connectivity index (χ3v) is 6.42. The third-order valence-electron chi connectivity index (χ3n) is 6.42. The van der Waals surface area contributed by atoms with Crippen LogP contribution in [0.3, 0.4) is 0 Å². The van der Waals surface area contributed by atoms with Gasteiger partial charge in [0.1, 0.15) is 5.78 Å². The van der Waals surface area contributed by atoms with Gasteiger partial charge in [-0.25, -0.2) is 0 Å². The van der Waals surface area contributed by atoms with E-state index in [1.165, 1.54) is 25.7 Å². The van der Waals surface area contributed by atoms with Gasteiger partial charge in [-0.05, 0) is 80.5 Å². The average Bonchev–Trinajstić information content (AvgIpc) is 2.93. The second-order valence-electron chi connectivity index (χ2n) is 7.05. The molecule has 0 aromatic carbocycles. The number of rotatable bonds is 2. The van der Waals surface area contributed by atoms with Crippen LogP contribution in [0.4, 0.5) is 0 Å². The molecule has 4 saturated carbocycles. The zero-order chi connectivity index (χ0) is 10.9. The van der Waals surface area contributed by atoms with E-state index in [1.54, 1.807) is 13.3 Å². The first kappa shape index (κ1) is 9.67. The maximum Gasteiger partial charge on any atom is 0.130 e. The predicted molar refractivity (Wildman–Crippen MR) is 62.8 cm³/mol. The quantitative estimate of drug-likeness (QED) is 0.650. The Labute approximate surface area is 98.0 Å². The molecule has 0 aromatic rings. The Bertz CT molecular complexity index is 334. The van der Waals surface area contributed by atoms with Crippen LogP contribution in [0.5, 0.6) is 0 Å². The van der Waals surface area contributed by atoms with Crippen molar-refractivity contribution in [3.63, 3.8) is 0 Å². The largest absolute Gasteiger partial charge is 0.300 e. The Kier molecular flexibility index (Phi) is 1.88. The highest BCUT2D eigenvalue weighted by Crippen LogP contribution is 2.69. The molecule has 0 aromatic heterocycles. The molecule has 0 saturated heterocycles. The van der Waals surface area contributed by atoms with Gasteiger partial charge in [-0.1, -0.05) is 0 Å². The zero-order valence-electron chi connectivity index (χ0n) is 10.2. The second-order valence-corrected chi connectivity index (χ2v) is 7.05. The van der Waals surface area contributed by atoms with Crippen molar-refractivity contribution in [2.24, 2.45) is 41.4 Å². The second kappa shape index (κ2) is 3.11. The molecule has 4 fully saturated rings. The van der Waals surface area contributed by atoms with Gasteiger partial charge < -0.3 is 4.79 Å². The molecule has 88 valence electrons. The lowest BCUT2D eigenvalue weighted by atomic mass is 9.67. The predicted octanol–water partition coefficient (Wildman–Crippen LogP) is 3.28. The van der Waals surface area contributed by atoms with E-state index in [4.69, 9.17) is 0 Å². The number of carbonyl (C=O) groups excluding carboxylic acids is 1. The highest BCUT2D eigenvalue weighted by molar-refractivity contribution is 5.75. The van der Waals surface area contributed by atoms with Gasteiger partial charge in [0.2, 0.25) is 0 Å². The van der Waals surface area contributed by atoms with Crippen molar-refractivity contribution >= 4 is 5.78 Å². The van der Waals surface area contributed by atoms with Crippen LogP contribution in [0.15, 0.2) is 0 Å². The molecular weight excluding hydrogens is 196 g/mol. The summed E-state index contributed by atoms with van der Waals surface area (Å²) >= 11 is 0. The van der Waals surface area contributed by atoms with Gasteiger partial charge in [0.15, 0.2) is 0 Å². The first-order chi connectivity index (χ1) is 7.74. The molecule has 0 N–H and O–H groups in total. The summed E-state index contributed by atoms with van der Waals surface area (Å²) in [4.78, 5) is 11.3. The summed E-state index contributed by atoms with van der Waals surface area (Å²) in [6.07, 6.45) is 8.38. The minimum atomic E-state index is 0.428. The summed E-state index contributed by atoms with van der Waals surface area (Å²) in [5.74, 6) is 7.51. The maximum absolute atomic E-state index is 11.3. The van der Waals surface area contributed by atoms with E-state index >= 15 is 0 Å². The van der Waals surface area contributed by atoms with Crippen molar-refractivity contribution in [2.45, 2.75) is 45.4 Å². The van der Waals surface area contributed by atoms with E-state index in [9.17, 15) is 4.79 Å². The molecule has 7 atom stereocenters. The van der Waals surface area contributed by atoms with Crippen molar-refractivity contribution in [3.05, 3.63) is 0 Å². The normalized spacial score (nSPS) is 56.9. The van der Waals surface area contributed by atoms with Gasteiger partial charge in [0, 0.05) is 6.42 Å². The molecular formula is C15H22O. The van der Waals surface area contributed by atoms with E-state index < -0.39 is 0 Å². The SMILES string of the molecule is CC(=O)CC1CC2CC1C1C3CCC(C3)C21. The number of carbonyl (C=O) groups is 1. The smallest absolute Gasteiger partial charge is 0.130 e. The van der Waals surface area contributed by atoms with Crippen molar-refractivity contribution in [1.29, 1.82) is 0 Å². The van der Waals surface area contributed by atoms with Gasteiger partial charge in [0.25, 0.3) is 0 Å². The Balaban J connectivity index is 1.58. The minimum Gasteiger partial charge on any atom is -0.300 e. The van der Waals surface area contributed by atoms with Gasteiger partial charge in [-0.3, -0.25) is 0 Å². The van der Waals surface area contributed by atoms with Crippen LogP contribution in [0.2, 0.25) is 0 Å². The number of hydrogen-bond acceptors (Lipinski definition) is 1. The van der Waals surface area contributed by atoms with Crippen LogP contribution in [0.25, 0.3) is 0 Å². The summed E-state index contributed by atoms with van der Waals surface area (Å²) in [6.45, 7) is 1.78. The van der Waals surface area contributed by atoms with Crippen LogP contribution in [0.1, 0.15) is 45.4 Å². The van der Waals surface area contributed by atoms with E-state index in [2.05, 4.69) is 0 Å². The average molecular weight is 218 g/mol. The lowest BCUT2D eigenvalue weighted by Crippen LogP contribution is -2.33. The van der Waals surface area contributed by atoms with Crippen molar-refractivity contribution in [2.75, 3.05) is 0 Å². The Morgan fingerprint density at radius 1 is 1.00 bits per heavy atom. The van der Waals surface area contributed by atoms with E-state index in [-0.39, 0.29) is 0 Å². The summed E-state index contributed by atoms with van der Waals surface area (Å²) in [6, 6.07) is 0. The zero-order valence-corrected chi connectivity index (χ0v) is 10.2. The summed E-state index contributed by atoms with van der Waals surface area (Å²) < 4.78 is 0. The molecule has 16 heavy (non-hydrogen) atoms. The van der Waals surface area contributed by atoms with Crippen molar-refractivity contribution in [1.82, 2.24) is 0 Å². The summed E-state index contributed by atoms with van der Waals surface area (Å²) in [5.41, 5.74) is 0. The Hall–Kier alpha value is -0.330. The molecule has 0 radical (unpaired) electrons. The lowest BCUT2D eigenvalue weighted by molar-refractivity contribution is -0.118. The summed E-state index contributed by atoms with van der Waals surface area (Å²) in [7, 11) is 0. The van der Waals surface area contributed by atoms with Gasteiger partial charge in [0.05, 0.1) is 0 Å². The topological polar surface area (TPSA) is 17.1 Å². The van der Waals surface area contributed by atoms with Gasteiger partial charge in [-0.15, -0.1) is 0 Å². The fourth-order valence-electron chi connectivity index (χ4n) is 6.31. The molecule has 0 spiro atoms. The molecule has 0 amide bonds. The molecule has 0 aliphatic heterocycles. The number of ketones is 1. The summed E-state index contributed by atoms with van der Waals surface area (Å²) in [5, 5.41) is 0. The Morgan fingerprint density at radius 2 is 1.75 bits per heavy atom. The molecule has 4 aliphatic rings. The number of fused-ring (bicyclic) bond motifs is 9. The van der Waals surface area contributed by atoms with E-state index in [0.29, 0.717) is 5.78 Å². The highest BCUT2D eigenvalue weighted by Gasteiger charge is 2.61. The third kappa shape index (κ3) is 1.10. The standard InChI is InChI=1S/C15H22O/c1-8(16)4-11-6-12-7-13(11)15-10-3-2-9(5-10)14(12)15/h9-15H,2-7H2,1H3. The van der Waals surface area contributed by atoms with Gasteiger partial charge >= 0.3 is 0 Å². The number of hydrogen-bond donors (Lipinski definition) is 0. The monoisotopic (exact) mass is 218 g/mol. The lowest BCUT2D eigenvalue weighted by Gasteiger charge is -2.38. The van der Waals surface area contributed by atoms with Crippen molar-refractivity contribution < 1.29 is 4.79 Å². The highest BCUT2D eigenvalue weighted by atomic mass is 16.1. The van der Waals surface area contributed by atoms with Crippen LogP contribution in [-0.2, 0) is 4.79 Å². The number of Topliss-reactive ketones (excluding diaryl/α,β-unsaturated/α-hetero) is 1. The van der Waals surface area contributed by atoms with Crippen molar-refractivity contribution in [3.8, 4) is 0 Å². The van der Waals surface area contributed by atoms with Gasteiger partial charge in [-0.2, -0.15) is 0 Å². The first-order valence-electron chi connectivity index (χ1n) is 7.23. The van der Waals surface area contributed by atoms with E-state index in [1.807, 2.05) is 0 Å². The fraction of sp³-hybridized carbons (Fsp3) is 0.933. The first-order valence-corrected chi connectivity index (χ1v) is 7.23. The minimum absolute atomic E-state index is 0.428. The fourth-order valence-corrected chi connectivity index (χ4v) is 6.31. The van der Waals surface area contributed by atoms with Crippen LogP contribution >= 0.6 is 0 Å². The van der Waals surface area contributed by atoms with Crippen LogP contribution in [-0.4, -0.2) is 5.78 Å². The molecule has 0 heterocycles. The molecule has 1 nitrogen and oxygen atoms in total.